The fraction of sp³-hybridized carbons (Fsp3) is 0.400. The highest BCUT2D eigenvalue weighted by molar-refractivity contribution is 8.00. The second-order valence-electron chi connectivity index (χ2n) is 3.30. The van der Waals surface area contributed by atoms with Crippen LogP contribution in [0.3, 0.4) is 0 Å². The van der Waals surface area contributed by atoms with Crippen LogP contribution in [0.25, 0.3) is 0 Å². The molecular weight excluding hydrogens is 188 g/mol. The molecule has 2 heteroatoms. The minimum absolute atomic E-state index is 0.810. The van der Waals surface area contributed by atoms with Crippen molar-refractivity contribution in [3.63, 3.8) is 0 Å². The van der Waals surface area contributed by atoms with E-state index >= 15 is 0 Å². The average molecular weight is 199 g/mol. The van der Waals surface area contributed by atoms with Gasteiger partial charge in [-0.25, -0.2) is 0 Å². The zero-order chi connectivity index (χ0) is 8.55. The summed E-state index contributed by atoms with van der Waals surface area (Å²) in [5.41, 5.74) is 0. The lowest BCUT2D eigenvalue weighted by atomic mass is 10.4. The first kappa shape index (κ1) is 8.46. The summed E-state index contributed by atoms with van der Waals surface area (Å²) in [6, 6.07) is 8.07. The van der Waals surface area contributed by atoms with Crippen molar-refractivity contribution in [2.24, 2.45) is 5.92 Å². The molecule has 0 nitrogen and oxygen atoms in total. The smallest absolute Gasteiger partial charge is 0.0541 e. The van der Waals surface area contributed by atoms with Gasteiger partial charge in [0, 0.05) is 10.1 Å². The van der Waals surface area contributed by atoms with Gasteiger partial charge in [0.15, 0.2) is 0 Å². The molecule has 2 unspecified atom stereocenters. The van der Waals surface area contributed by atoms with Gasteiger partial charge in [-0.05, 0) is 24.5 Å². The Morgan fingerprint density at radius 1 is 1.42 bits per heavy atom. The molecular formula is C10H11ClS. The van der Waals surface area contributed by atoms with Gasteiger partial charge in [-0.15, -0.1) is 11.8 Å². The van der Waals surface area contributed by atoms with Crippen molar-refractivity contribution in [1.82, 2.24) is 0 Å². The molecule has 0 radical (unpaired) electrons. The van der Waals surface area contributed by atoms with E-state index in [-0.39, 0.29) is 0 Å². The van der Waals surface area contributed by atoms with E-state index < -0.39 is 0 Å². The normalized spacial score (nSPS) is 27.2. The Morgan fingerprint density at radius 3 is 2.67 bits per heavy atom. The number of benzene rings is 1. The SMILES string of the molecule is CC1CC1Sc1ccccc1Cl. The molecule has 1 aliphatic rings. The highest BCUT2D eigenvalue weighted by Gasteiger charge is 2.33. The van der Waals surface area contributed by atoms with Crippen molar-refractivity contribution >= 4 is 23.4 Å². The van der Waals surface area contributed by atoms with Gasteiger partial charge >= 0.3 is 0 Å². The van der Waals surface area contributed by atoms with E-state index in [0.717, 1.165) is 16.2 Å². The first-order chi connectivity index (χ1) is 5.77. The summed E-state index contributed by atoms with van der Waals surface area (Å²) in [7, 11) is 0. The highest BCUT2D eigenvalue weighted by atomic mass is 35.5. The number of halogens is 1. The van der Waals surface area contributed by atoms with Crippen LogP contribution in [-0.4, -0.2) is 5.25 Å². The van der Waals surface area contributed by atoms with E-state index in [1.165, 1.54) is 11.3 Å². The molecule has 0 aromatic heterocycles. The van der Waals surface area contributed by atoms with Crippen molar-refractivity contribution in [2.75, 3.05) is 0 Å². The molecule has 0 bridgehead atoms. The van der Waals surface area contributed by atoms with Gasteiger partial charge < -0.3 is 0 Å². The van der Waals surface area contributed by atoms with Gasteiger partial charge in [0.25, 0.3) is 0 Å². The third kappa shape index (κ3) is 1.78. The number of rotatable bonds is 2. The van der Waals surface area contributed by atoms with Crippen LogP contribution < -0.4 is 0 Å². The molecule has 12 heavy (non-hydrogen) atoms. The molecule has 1 aliphatic carbocycles. The Hall–Kier alpha value is -0.140. The highest BCUT2D eigenvalue weighted by Crippen LogP contribution is 2.46. The second kappa shape index (κ2) is 3.31. The molecule has 0 aliphatic heterocycles. The molecule has 64 valence electrons. The van der Waals surface area contributed by atoms with Crippen LogP contribution in [0, 0.1) is 5.92 Å². The van der Waals surface area contributed by atoms with Gasteiger partial charge in [0.1, 0.15) is 0 Å². The molecule has 2 atom stereocenters. The topological polar surface area (TPSA) is 0 Å². The first-order valence-electron chi connectivity index (χ1n) is 4.18. The Labute approximate surface area is 82.3 Å². The van der Waals surface area contributed by atoms with E-state index in [1.807, 2.05) is 30.0 Å². The van der Waals surface area contributed by atoms with Crippen LogP contribution in [0.1, 0.15) is 13.3 Å². The largest absolute Gasteiger partial charge is 0.121 e. The Balaban J connectivity index is 2.08. The van der Waals surface area contributed by atoms with Crippen molar-refractivity contribution < 1.29 is 0 Å². The molecule has 0 spiro atoms. The maximum atomic E-state index is 6.02. The second-order valence-corrected chi connectivity index (χ2v) is 4.99. The molecule has 1 fully saturated rings. The summed E-state index contributed by atoms with van der Waals surface area (Å²) in [4.78, 5) is 1.23. The van der Waals surface area contributed by atoms with E-state index in [4.69, 9.17) is 11.6 Å². The fourth-order valence-electron chi connectivity index (χ4n) is 1.16. The van der Waals surface area contributed by atoms with Crippen molar-refractivity contribution in [2.45, 2.75) is 23.5 Å². The summed E-state index contributed by atoms with van der Waals surface area (Å²) in [6.07, 6.45) is 1.34. The van der Waals surface area contributed by atoms with Crippen molar-refractivity contribution in [1.29, 1.82) is 0 Å². The minimum atomic E-state index is 0.810. The maximum absolute atomic E-state index is 6.02. The number of hydrogen-bond donors (Lipinski definition) is 0. The summed E-state index contributed by atoms with van der Waals surface area (Å²) in [5, 5.41) is 1.70. The maximum Gasteiger partial charge on any atom is 0.0541 e. The number of thioether (sulfide) groups is 1. The van der Waals surface area contributed by atoms with Gasteiger partial charge in [0.05, 0.1) is 5.02 Å². The predicted molar refractivity (Wildman–Crippen MR) is 54.9 cm³/mol. The van der Waals surface area contributed by atoms with E-state index in [9.17, 15) is 0 Å². The standard InChI is InChI=1S/C10H11ClS/c1-7-6-10(7)12-9-5-3-2-4-8(9)11/h2-5,7,10H,6H2,1H3. The molecule has 1 saturated carbocycles. The molecule has 2 rings (SSSR count). The first-order valence-corrected chi connectivity index (χ1v) is 5.44. The molecule has 0 N–H and O–H groups in total. The third-order valence-corrected chi connectivity index (χ3v) is 4.16. The molecule has 0 heterocycles. The van der Waals surface area contributed by atoms with Crippen LogP contribution in [-0.2, 0) is 0 Å². The van der Waals surface area contributed by atoms with E-state index in [1.54, 1.807) is 0 Å². The average Bonchev–Trinajstić information content (AvgIpc) is 2.72. The summed E-state index contributed by atoms with van der Waals surface area (Å²) < 4.78 is 0. The number of hydrogen-bond acceptors (Lipinski definition) is 1. The zero-order valence-electron chi connectivity index (χ0n) is 6.96. The van der Waals surface area contributed by atoms with Crippen LogP contribution in [0.2, 0.25) is 5.02 Å². The van der Waals surface area contributed by atoms with E-state index in [0.29, 0.717) is 0 Å². The monoisotopic (exact) mass is 198 g/mol. The lowest BCUT2D eigenvalue weighted by Gasteiger charge is -2.01. The lowest BCUT2D eigenvalue weighted by Crippen LogP contribution is -1.79. The molecule has 0 saturated heterocycles. The Bertz CT molecular complexity index is 285. The fourth-order valence-corrected chi connectivity index (χ4v) is 2.72. The third-order valence-electron chi connectivity index (χ3n) is 2.15. The quantitative estimate of drug-likeness (QED) is 0.696. The summed E-state index contributed by atoms with van der Waals surface area (Å²) in [5.74, 6) is 0.881. The predicted octanol–water partition coefficient (Wildman–Crippen LogP) is 3.84. The van der Waals surface area contributed by atoms with Crippen LogP contribution in [0.5, 0.6) is 0 Å². The lowest BCUT2D eigenvalue weighted by molar-refractivity contribution is 0.987. The Kier molecular flexibility index (Phi) is 2.33. The Morgan fingerprint density at radius 2 is 2.08 bits per heavy atom. The molecule has 1 aromatic carbocycles. The molecule has 0 amide bonds. The van der Waals surface area contributed by atoms with Crippen LogP contribution >= 0.6 is 23.4 Å². The van der Waals surface area contributed by atoms with Crippen LogP contribution in [0.15, 0.2) is 29.2 Å². The van der Waals surface area contributed by atoms with Gasteiger partial charge in [-0.3, -0.25) is 0 Å². The van der Waals surface area contributed by atoms with Crippen LogP contribution in [0.4, 0.5) is 0 Å². The van der Waals surface area contributed by atoms with Gasteiger partial charge in [0.2, 0.25) is 0 Å². The van der Waals surface area contributed by atoms with Crippen molar-refractivity contribution in [3.8, 4) is 0 Å². The van der Waals surface area contributed by atoms with E-state index in [2.05, 4.69) is 13.0 Å². The van der Waals surface area contributed by atoms with Gasteiger partial charge in [-0.1, -0.05) is 30.7 Å². The zero-order valence-corrected chi connectivity index (χ0v) is 8.53. The minimum Gasteiger partial charge on any atom is -0.121 e. The van der Waals surface area contributed by atoms with Gasteiger partial charge in [-0.2, -0.15) is 0 Å². The van der Waals surface area contributed by atoms with Crippen molar-refractivity contribution in [3.05, 3.63) is 29.3 Å². The summed E-state index contributed by atoms with van der Waals surface area (Å²) in [6.45, 7) is 2.29. The summed E-state index contributed by atoms with van der Waals surface area (Å²) >= 11 is 7.94. The molecule has 1 aromatic rings.